The third-order valence-electron chi connectivity index (χ3n) is 3.30. The maximum Gasteiger partial charge on any atom is 0.303 e. The zero-order valence-corrected chi connectivity index (χ0v) is 14.8. The number of halogens is 1. The molecule has 0 aliphatic heterocycles. The Bertz CT molecular complexity index is 594. The quantitative estimate of drug-likeness (QED) is 0.738. The molecule has 0 radical (unpaired) electrons. The number of aromatic nitrogens is 2. The molecule has 0 fully saturated rings. The highest BCUT2D eigenvalue weighted by molar-refractivity contribution is 6.31. The van der Waals surface area contributed by atoms with Crippen molar-refractivity contribution < 1.29 is 14.7 Å². The van der Waals surface area contributed by atoms with E-state index >= 15 is 0 Å². The minimum absolute atomic E-state index is 0.0498. The van der Waals surface area contributed by atoms with E-state index in [1.54, 1.807) is 17.8 Å². The van der Waals surface area contributed by atoms with Gasteiger partial charge >= 0.3 is 5.97 Å². The molecule has 0 bridgehead atoms. The monoisotopic (exact) mass is 341 g/mol. The second kappa shape index (κ2) is 8.72. The first-order valence-electron chi connectivity index (χ1n) is 7.60. The minimum Gasteiger partial charge on any atom is -0.481 e. The molecule has 1 N–H and O–H groups in total. The van der Waals surface area contributed by atoms with E-state index in [1.807, 2.05) is 6.92 Å². The lowest BCUT2D eigenvalue weighted by Crippen LogP contribution is -2.26. The lowest BCUT2D eigenvalue weighted by atomic mass is 10.2. The van der Waals surface area contributed by atoms with E-state index in [-0.39, 0.29) is 12.3 Å². The minimum atomic E-state index is -0.860. The summed E-state index contributed by atoms with van der Waals surface area (Å²) in [7, 11) is 1.64. The number of nitrogens with zero attached hydrogens (tertiary/aromatic N) is 3. The van der Waals surface area contributed by atoms with E-state index in [0.29, 0.717) is 24.0 Å². The van der Waals surface area contributed by atoms with Crippen molar-refractivity contribution in [1.82, 2.24) is 14.7 Å². The van der Waals surface area contributed by atoms with Crippen LogP contribution in [0.4, 0.5) is 0 Å². The van der Waals surface area contributed by atoms with Gasteiger partial charge in [-0.15, -0.1) is 0 Å². The number of carboxylic acids is 1. The fourth-order valence-electron chi connectivity index (χ4n) is 2.08. The third-order valence-corrected chi connectivity index (χ3v) is 3.70. The molecular formula is C16H24ClN3O3. The molecule has 0 saturated carbocycles. The van der Waals surface area contributed by atoms with E-state index < -0.39 is 5.97 Å². The topological polar surface area (TPSA) is 75.4 Å². The molecular weight excluding hydrogens is 318 g/mol. The average Bonchev–Trinajstić information content (AvgIpc) is 2.69. The molecule has 0 atom stereocenters. The van der Waals surface area contributed by atoms with Gasteiger partial charge in [0.05, 0.1) is 5.69 Å². The molecule has 6 nitrogen and oxygen atoms in total. The summed E-state index contributed by atoms with van der Waals surface area (Å²) < 4.78 is 1.74. The van der Waals surface area contributed by atoms with Crippen LogP contribution in [0.3, 0.4) is 0 Å². The van der Waals surface area contributed by atoms with Crippen molar-refractivity contribution in [3.8, 4) is 0 Å². The SMILES string of the molecule is Cc1nn(CC(C)C)c(Cl)c1C=CC(=O)N(C)CCCC(=O)O. The van der Waals surface area contributed by atoms with Gasteiger partial charge in [0.25, 0.3) is 0 Å². The second-order valence-electron chi connectivity index (χ2n) is 5.96. The predicted molar refractivity (Wildman–Crippen MR) is 90.4 cm³/mol. The summed E-state index contributed by atoms with van der Waals surface area (Å²) in [4.78, 5) is 24.0. The molecule has 0 aliphatic carbocycles. The van der Waals surface area contributed by atoms with Crippen LogP contribution in [-0.2, 0) is 16.1 Å². The molecule has 7 heteroatoms. The zero-order valence-electron chi connectivity index (χ0n) is 14.0. The molecule has 0 spiro atoms. The van der Waals surface area contributed by atoms with Crippen LogP contribution in [0.2, 0.25) is 5.15 Å². The van der Waals surface area contributed by atoms with Crippen molar-refractivity contribution in [3.63, 3.8) is 0 Å². The maximum atomic E-state index is 12.0. The summed E-state index contributed by atoms with van der Waals surface area (Å²) in [6.45, 7) is 7.13. The van der Waals surface area contributed by atoms with E-state index in [2.05, 4.69) is 18.9 Å². The fraction of sp³-hybridized carbons (Fsp3) is 0.562. The van der Waals surface area contributed by atoms with Crippen molar-refractivity contribution >= 4 is 29.6 Å². The standard InChI is InChI=1S/C16H24ClN3O3/c1-11(2)10-20-16(17)13(12(3)18-20)7-8-14(21)19(4)9-5-6-15(22)23/h7-8,11H,5-6,9-10H2,1-4H3,(H,22,23). The summed E-state index contributed by atoms with van der Waals surface area (Å²) in [5, 5.41) is 13.5. The summed E-state index contributed by atoms with van der Waals surface area (Å²) in [6, 6.07) is 0. The smallest absolute Gasteiger partial charge is 0.303 e. The van der Waals surface area contributed by atoms with Gasteiger partial charge in [0.2, 0.25) is 5.91 Å². The van der Waals surface area contributed by atoms with Gasteiger partial charge in [-0.3, -0.25) is 14.3 Å². The molecule has 1 aromatic heterocycles. The highest BCUT2D eigenvalue weighted by Crippen LogP contribution is 2.22. The fourth-order valence-corrected chi connectivity index (χ4v) is 2.39. The first-order chi connectivity index (χ1) is 10.7. The van der Waals surface area contributed by atoms with Crippen molar-refractivity contribution in [1.29, 1.82) is 0 Å². The molecule has 0 aliphatic rings. The number of hydrogen-bond donors (Lipinski definition) is 1. The molecule has 1 rings (SSSR count). The van der Waals surface area contributed by atoms with Crippen LogP contribution in [0.15, 0.2) is 6.08 Å². The number of carbonyl (C=O) groups is 2. The molecule has 1 aromatic rings. The molecule has 0 unspecified atom stereocenters. The summed E-state index contributed by atoms with van der Waals surface area (Å²) in [5.74, 6) is -0.630. The van der Waals surface area contributed by atoms with Crippen LogP contribution in [-0.4, -0.2) is 45.3 Å². The zero-order chi connectivity index (χ0) is 17.6. The van der Waals surface area contributed by atoms with Crippen LogP contribution in [0.5, 0.6) is 0 Å². The van der Waals surface area contributed by atoms with E-state index in [9.17, 15) is 9.59 Å². The largest absolute Gasteiger partial charge is 0.481 e. The Balaban J connectivity index is 2.71. The van der Waals surface area contributed by atoms with Crippen LogP contribution in [0.1, 0.15) is 37.9 Å². The second-order valence-corrected chi connectivity index (χ2v) is 6.31. The highest BCUT2D eigenvalue weighted by Gasteiger charge is 2.13. The van der Waals surface area contributed by atoms with E-state index in [1.165, 1.54) is 11.0 Å². The third kappa shape index (κ3) is 6.06. The molecule has 128 valence electrons. The summed E-state index contributed by atoms with van der Waals surface area (Å²) in [5.41, 5.74) is 1.51. The number of likely N-dealkylation sites (N-methyl/N-ethyl adjacent to an activating group) is 1. The predicted octanol–water partition coefficient (Wildman–Crippen LogP) is 2.84. The molecule has 0 aromatic carbocycles. The lowest BCUT2D eigenvalue weighted by Gasteiger charge is -2.13. The van der Waals surface area contributed by atoms with E-state index in [0.717, 1.165) is 17.8 Å². The maximum absolute atomic E-state index is 12.0. The van der Waals surface area contributed by atoms with Gasteiger partial charge in [0.15, 0.2) is 0 Å². The van der Waals surface area contributed by atoms with Crippen LogP contribution in [0, 0.1) is 12.8 Å². The average molecular weight is 342 g/mol. The van der Waals surface area contributed by atoms with Crippen LogP contribution < -0.4 is 0 Å². The van der Waals surface area contributed by atoms with Gasteiger partial charge < -0.3 is 10.0 Å². The van der Waals surface area contributed by atoms with Gasteiger partial charge in [-0.2, -0.15) is 5.10 Å². The number of aliphatic carboxylic acids is 1. The van der Waals surface area contributed by atoms with Crippen molar-refractivity contribution in [3.05, 3.63) is 22.5 Å². The molecule has 23 heavy (non-hydrogen) atoms. The highest BCUT2D eigenvalue weighted by atomic mass is 35.5. The number of rotatable bonds is 8. The van der Waals surface area contributed by atoms with Crippen molar-refractivity contribution in [2.45, 2.75) is 40.2 Å². The lowest BCUT2D eigenvalue weighted by molar-refractivity contribution is -0.137. The molecule has 1 amide bonds. The number of carbonyl (C=O) groups excluding carboxylic acids is 1. The Morgan fingerprint density at radius 3 is 2.65 bits per heavy atom. The van der Waals surface area contributed by atoms with Gasteiger partial charge in [-0.25, -0.2) is 0 Å². The van der Waals surface area contributed by atoms with Crippen LogP contribution in [0.25, 0.3) is 6.08 Å². The molecule has 0 saturated heterocycles. The Kier molecular flexibility index (Phi) is 7.29. The van der Waals surface area contributed by atoms with Crippen LogP contribution >= 0.6 is 11.6 Å². The molecule has 1 heterocycles. The normalized spacial score (nSPS) is 11.4. The Morgan fingerprint density at radius 1 is 1.43 bits per heavy atom. The van der Waals surface area contributed by atoms with Gasteiger partial charge in [-0.1, -0.05) is 25.4 Å². The number of aryl methyl sites for hydroxylation is 1. The van der Waals surface area contributed by atoms with E-state index in [4.69, 9.17) is 16.7 Å². The Labute approximate surface area is 141 Å². The summed E-state index contributed by atoms with van der Waals surface area (Å²) in [6.07, 6.45) is 3.58. The Hall–Kier alpha value is -1.82. The van der Waals surface area contributed by atoms with Gasteiger partial charge in [-0.05, 0) is 25.3 Å². The number of carboxylic acid groups (broad SMARTS) is 1. The summed E-state index contributed by atoms with van der Waals surface area (Å²) >= 11 is 6.31. The first kappa shape index (κ1) is 19.2. The Morgan fingerprint density at radius 2 is 2.09 bits per heavy atom. The number of amides is 1. The number of hydrogen-bond acceptors (Lipinski definition) is 3. The van der Waals surface area contributed by atoms with Crippen molar-refractivity contribution in [2.24, 2.45) is 5.92 Å². The van der Waals surface area contributed by atoms with Gasteiger partial charge in [0, 0.05) is 38.2 Å². The first-order valence-corrected chi connectivity index (χ1v) is 7.98. The van der Waals surface area contributed by atoms with Crippen molar-refractivity contribution in [2.75, 3.05) is 13.6 Å². The van der Waals surface area contributed by atoms with Gasteiger partial charge in [0.1, 0.15) is 5.15 Å².